The highest BCUT2D eigenvalue weighted by molar-refractivity contribution is 14.0. The quantitative estimate of drug-likeness (QED) is 0.203. The zero-order valence-corrected chi connectivity index (χ0v) is 17.0. The Morgan fingerprint density at radius 2 is 2.04 bits per heavy atom. The monoisotopic (exact) mass is 463 g/mol. The first kappa shape index (κ1) is 21.3. The lowest BCUT2D eigenvalue weighted by molar-refractivity contribution is -0.140. The smallest absolute Gasteiger partial charge is 0.305 e. The fourth-order valence-corrected chi connectivity index (χ4v) is 2.25. The van der Waals surface area contributed by atoms with Crippen molar-refractivity contribution in [1.29, 1.82) is 0 Å². The van der Waals surface area contributed by atoms with Gasteiger partial charge in [-0.05, 0) is 37.5 Å². The molecule has 1 heterocycles. The van der Waals surface area contributed by atoms with Crippen molar-refractivity contribution >= 4 is 35.9 Å². The minimum atomic E-state index is -0.168. The SMILES string of the molecule is CCNC(=NCc1ccc2c(c1)OCO2)NCCCCC(=O)OC.I. The number of carbonyl (C=O) groups is 1. The normalized spacial score (nSPS) is 12.3. The lowest BCUT2D eigenvalue weighted by Crippen LogP contribution is -2.37. The molecule has 1 aliphatic heterocycles. The summed E-state index contributed by atoms with van der Waals surface area (Å²) < 4.78 is 15.3. The fourth-order valence-electron chi connectivity index (χ4n) is 2.25. The number of guanidine groups is 1. The maximum absolute atomic E-state index is 11.1. The molecule has 0 unspecified atom stereocenters. The topological polar surface area (TPSA) is 81.2 Å². The number of hydrogen-bond donors (Lipinski definition) is 2. The summed E-state index contributed by atoms with van der Waals surface area (Å²) in [6.45, 7) is 4.39. The summed E-state index contributed by atoms with van der Waals surface area (Å²) in [6, 6.07) is 5.84. The molecule has 25 heavy (non-hydrogen) atoms. The number of methoxy groups -OCH3 is 1. The number of esters is 1. The van der Waals surface area contributed by atoms with Gasteiger partial charge in [0.1, 0.15) is 0 Å². The number of nitrogens with one attached hydrogen (secondary N) is 2. The summed E-state index contributed by atoms with van der Waals surface area (Å²) in [4.78, 5) is 15.6. The average Bonchev–Trinajstić information content (AvgIpc) is 3.06. The molecule has 0 aliphatic carbocycles. The predicted molar refractivity (Wildman–Crippen MR) is 107 cm³/mol. The molecule has 8 heteroatoms. The van der Waals surface area contributed by atoms with Crippen LogP contribution in [0.4, 0.5) is 0 Å². The van der Waals surface area contributed by atoms with Gasteiger partial charge in [0.05, 0.1) is 13.7 Å². The second-order valence-corrected chi connectivity index (χ2v) is 5.34. The third-order valence-electron chi connectivity index (χ3n) is 3.53. The van der Waals surface area contributed by atoms with Gasteiger partial charge >= 0.3 is 5.97 Å². The van der Waals surface area contributed by atoms with Crippen molar-refractivity contribution in [3.63, 3.8) is 0 Å². The summed E-state index contributed by atoms with van der Waals surface area (Å²) >= 11 is 0. The summed E-state index contributed by atoms with van der Waals surface area (Å²) in [5.41, 5.74) is 1.06. The van der Waals surface area contributed by atoms with Gasteiger partial charge in [0.2, 0.25) is 6.79 Å². The van der Waals surface area contributed by atoms with Crippen LogP contribution in [0, 0.1) is 0 Å². The van der Waals surface area contributed by atoms with Crippen molar-refractivity contribution < 1.29 is 19.0 Å². The zero-order valence-electron chi connectivity index (χ0n) is 14.7. The molecule has 0 spiro atoms. The molecule has 0 aromatic heterocycles. The Kier molecular flexibility index (Phi) is 10.0. The van der Waals surface area contributed by atoms with Crippen molar-refractivity contribution in [2.75, 3.05) is 27.0 Å². The number of nitrogens with zero attached hydrogens (tertiary/aromatic N) is 1. The number of fused-ring (bicyclic) bond motifs is 1. The van der Waals surface area contributed by atoms with Crippen LogP contribution in [0.5, 0.6) is 11.5 Å². The van der Waals surface area contributed by atoms with E-state index in [9.17, 15) is 4.79 Å². The first-order valence-electron chi connectivity index (χ1n) is 8.20. The summed E-state index contributed by atoms with van der Waals surface area (Å²) in [7, 11) is 1.41. The molecule has 0 bridgehead atoms. The minimum absolute atomic E-state index is 0. The zero-order chi connectivity index (χ0) is 17.2. The number of rotatable bonds is 8. The molecule has 7 nitrogen and oxygen atoms in total. The average molecular weight is 463 g/mol. The molecule has 1 aliphatic rings. The number of benzene rings is 1. The third kappa shape index (κ3) is 7.37. The van der Waals surface area contributed by atoms with Gasteiger partial charge < -0.3 is 24.8 Å². The number of unbranched alkanes of at least 4 members (excludes halogenated alkanes) is 1. The van der Waals surface area contributed by atoms with Crippen LogP contribution >= 0.6 is 24.0 Å². The minimum Gasteiger partial charge on any atom is -0.469 e. The molecular formula is C17H26IN3O4. The number of carbonyl (C=O) groups excluding carboxylic acids is 1. The highest BCUT2D eigenvalue weighted by Crippen LogP contribution is 2.32. The first-order valence-corrected chi connectivity index (χ1v) is 8.20. The number of hydrogen-bond acceptors (Lipinski definition) is 5. The Bertz CT molecular complexity index is 581. The molecular weight excluding hydrogens is 437 g/mol. The molecule has 0 fully saturated rings. The van der Waals surface area contributed by atoms with Gasteiger partial charge in [-0.1, -0.05) is 6.07 Å². The van der Waals surface area contributed by atoms with Crippen LogP contribution in [0.25, 0.3) is 0 Å². The summed E-state index contributed by atoms with van der Waals surface area (Å²) in [5.74, 6) is 2.13. The van der Waals surface area contributed by atoms with Gasteiger partial charge in [0, 0.05) is 19.5 Å². The molecule has 2 rings (SSSR count). The number of aliphatic imine (C=N–C) groups is 1. The van der Waals surface area contributed by atoms with E-state index in [1.54, 1.807) is 0 Å². The largest absolute Gasteiger partial charge is 0.469 e. The van der Waals surface area contributed by atoms with E-state index >= 15 is 0 Å². The maximum Gasteiger partial charge on any atom is 0.305 e. The molecule has 0 saturated carbocycles. The van der Waals surface area contributed by atoms with E-state index < -0.39 is 0 Å². The highest BCUT2D eigenvalue weighted by atomic mass is 127. The van der Waals surface area contributed by atoms with Gasteiger partial charge in [-0.3, -0.25) is 4.79 Å². The lowest BCUT2D eigenvalue weighted by atomic mass is 10.2. The molecule has 0 radical (unpaired) electrons. The van der Waals surface area contributed by atoms with E-state index in [0.29, 0.717) is 13.0 Å². The van der Waals surface area contributed by atoms with E-state index in [-0.39, 0.29) is 36.7 Å². The van der Waals surface area contributed by atoms with Crippen molar-refractivity contribution in [3.05, 3.63) is 23.8 Å². The second-order valence-electron chi connectivity index (χ2n) is 5.34. The van der Waals surface area contributed by atoms with Gasteiger partial charge in [0.25, 0.3) is 0 Å². The lowest BCUT2D eigenvalue weighted by Gasteiger charge is -2.11. The van der Waals surface area contributed by atoms with Crippen molar-refractivity contribution in [3.8, 4) is 11.5 Å². The van der Waals surface area contributed by atoms with E-state index in [0.717, 1.165) is 49.0 Å². The number of ether oxygens (including phenoxy) is 3. The third-order valence-corrected chi connectivity index (χ3v) is 3.53. The summed E-state index contributed by atoms with van der Waals surface area (Å²) in [6.07, 6.45) is 2.12. The Hall–Kier alpha value is -1.71. The van der Waals surface area contributed by atoms with Crippen LogP contribution in [0.1, 0.15) is 31.7 Å². The van der Waals surface area contributed by atoms with Gasteiger partial charge in [-0.2, -0.15) is 0 Å². The Balaban J connectivity index is 0.00000312. The molecule has 1 aromatic carbocycles. The van der Waals surface area contributed by atoms with Gasteiger partial charge in [-0.25, -0.2) is 4.99 Å². The molecule has 1 aromatic rings. The van der Waals surface area contributed by atoms with Crippen LogP contribution in [0.15, 0.2) is 23.2 Å². The van der Waals surface area contributed by atoms with Crippen LogP contribution in [-0.2, 0) is 16.1 Å². The van der Waals surface area contributed by atoms with E-state index in [1.807, 2.05) is 25.1 Å². The first-order chi connectivity index (χ1) is 11.7. The molecule has 0 atom stereocenters. The second kappa shape index (κ2) is 11.8. The number of halogens is 1. The van der Waals surface area contributed by atoms with Crippen LogP contribution in [0.3, 0.4) is 0 Å². The highest BCUT2D eigenvalue weighted by Gasteiger charge is 2.12. The van der Waals surface area contributed by atoms with Crippen LogP contribution < -0.4 is 20.1 Å². The molecule has 2 N–H and O–H groups in total. The van der Waals surface area contributed by atoms with E-state index in [2.05, 4.69) is 20.4 Å². The van der Waals surface area contributed by atoms with Crippen molar-refractivity contribution in [2.45, 2.75) is 32.7 Å². The Labute approximate surface area is 165 Å². The van der Waals surface area contributed by atoms with Crippen molar-refractivity contribution in [1.82, 2.24) is 10.6 Å². The van der Waals surface area contributed by atoms with Crippen molar-refractivity contribution in [2.24, 2.45) is 4.99 Å². The van der Waals surface area contributed by atoms with E-state index in [4.69, 9.17) is 9.47 Å². The van der Waals surface area contributed by atoms with Crippen LogP contribution in [-0.4, -0.2) is 38.9 Å². The predicted octanol–water partition coefficient (Wildman–Crippen LogP) is 2.43. The molecule has 140 valence electrons. The van der Waals surface area contributed by atoms with Gasteiger partial charge in [0.15, 0.2) is 17.5 Å². The van der Waals surface area contributed by atoms with Gasteiger partial charge in [-0.15, -0.1) is 24.0 Å². The molecule has 0 saturated heterocycles. The maximum atomic E-state index is 11.1. The van der Waals surface area contributed by atoms with E-state index in [1.165, 1.54) is 7.11 Å². The van der Waals surface area contributed by atoms with Crippen LogP contribution in [0.2, 0.25) is 0 Å². The Morgan fingerprint density at radius 1 is 1.24 bits per heavy atom. The molecule has 0 amide bonds. The fraction of sp³-hybridized carbons (Fsp3) is 0.529. The Morgan fingerprint density at radius 3 is 2.80 bits per heavy atom. The standard InChI is InChI=1S/C17H25N3O4.HI/c1-3-18-17(19-9-5-4-6-16(21)22-2)20-11-13-7-8-14-15(10-13)24-12-23-14;/h7-8,10H,3-6,9,11-12H2,1-2H3,(H2,18,19,20);1H. The summed E-state index contributed by atoms with van der Waals surface area (Å²) in [5, 5.41) is 6.47.